The van der Waals surface area contributed by atoms with Gasteiger partial charge in [0.25, 0.3) is 5.91 Å². The van der Waals surface area contributed by atoms with E-state index in [1.165, 1.54) is 0 Å². The first-order chi connectivity index (χ1) is 13.1. The lowest BCUT2D eigenvalue weighted by Gasteiger charge is -2.07. The van der Waals surface area contributed by atoms with Gasteiger partial charge >= 0.3 is 5.97 Å². The molecule has 0 aliphatic rings. The highest BCUT2D eigenvalue weighted by molar-refractivity contribution is 6.30. The van der Waals surface area contributed by atoms with E-state index in [4.69, 9.17) is 16.3 Å². The number of aryl methyl sites for hydroxylation is 1. The SMILES string of the molecule is CCn1nnc2cc(C(=O)OCC(=O)NCCc3cccc(Cl)c3)ccc21. The molecule has 1 aromatic heterocycles. The summed E-state index contributed by atoms with van der Waals surface area (Å²) < 4.78 is 6.80. The maximum atomic E-state index is 12.1. The summed E-state index contributed by atoms with van der Waals surface area (Å²) in [5, 5.41) is 11.4. The maximum absolute atomic E-state index is 12.1. The molecule has 0 aliphatic carbocycles. The van der Waals surface area contributed by atoms with E-state index in [1.54, 1.807) is 28.9 Å². The van der Waals surface area contributed by atoms with E-state index >= 15 is 0 Å². The van der Waals surface area contributed by atoms with Crippen LogP contribution < -0.4 is 5.32 Å². The number of hydrogen-bond donors (Lipinski definition) is 1. The van der Waals surface area contributed by atoms with Gasteiger partial charge in [0.05, 0.1) is 11.1 Å². The zero-order valence-electron chi connectivity index (χ0n) is 14.8. The van der Waals surface area contributed by atoms with Crippen molar-refractivity contribution < 1.29 is 14.3 Å². The van der Waals surface area contributed by atoms with Crippen LogP contribution in [0.25, 0.3) is 11.0 Å². The predicted molar refractivity (Wildman–Crippen MR) is 102 cm³/mol. The van der Waals surface area contributed by atoms with E-state index in [-0.39, 0.29) is 12.5 Å². The largest absolute Gasteiger partial charge is 0.452 e. The Balaban J connectivity index is 1.47. The first-order valence-corrected chi connectivity index (χ1v) is 8.96. The van der Waals surface area contributed by atoms with Crippen molar-refractivity contribution in [2.45, 2.75) is 19.9 Å². The molecule has 8 heteroatoms. The third-order valence-electron chi connectivity index (χ3n) is 4.01. The van der Waals surface area contributed by atoms with E-state index < -0.39 is 5.97 Å². The van der Waals surface area contributed by atoms with Gasteiger partial charge in [-0.2, -0.15) is 0 Å². The number of fused-ring (bicyclic) bond motifs is 1. The minimum Gasteiger partial charge on any atom is -0.452 e. The number of benzene rings is 2. The van der Waals surface area contributed by atoms with Crippen molar-refractivity contribution in [1.82, 2.24) is 20.3 Å². The number of carbonyl (C=O) groups is 2. The quantitative estimate of drug-likeness (QED) is 0.631. The molecule has 0 saturated heterocycles. The van der Waals surface area contributed by atoms with Crippen LogP contribution in [0.4, 0.5) is 0 Å². The summed E-state index contributed by atoms with van der Waals surface area (Å²) in [6, 6.07) is 12.4. The number of aromatic nitrogens is 3. The van der Waals surface area contributed by atoms with Gasteiger partial charge < -0.3 is 10.1 Å². The standard InChI is InChI=1S/C19H19ClN4O3/c1-2-24-17-7-6-14(11-16(17)22-23-24)19(26)27-12-18(25)21-9-8-13-4-3-5-15(20)10-13/h3-7,10-11H,2,8-9,12H2,1H3,(H,21,25). The second-order valence-electron chi connectivity index (χ2n) is 5.91. The maximum Gasteiger partial charge on any atom is 0.338 e. The second-order valence-corrected chi connectivity index (χ2v) is 6.35. The molecule has 0 unspecified atom stereocenters. The van der Waals surface area contributed by atoms with Crippen LogP contribution in [-0.2, 0) is 22.5 Å². The normalized spacial score (nSPS) is 10.7. The van der Waals surface area contributed by atoms with Crippen molar-refractivity contribution >= 4 is 34.5 Å². The number of halogens is 1. The molecule has 3 aromatic rings. The fourth-order valence-corrected chi connectivity index (χ4v) is 2.85. The van der Waals surface area contributed by atoms with Crippen LogP contribution in [0.15, 0.2) is 42.5 Å². The Bertz CT molecular complexity index is 970. The number of hydrogen-bond acceptors (Lipinski definition) is 5. The molecule has 7 nitrogen and oxygen atoms in total. The highest BCUT2D eigenvalue weighted by atomic mass is 35.5. The molecule has 2 aromatic carbocycles. The van der Waals surface area contributed by atoms with Crippen LogP contribution in [0.5, 0.6) is 0 Å². The Morgan fingerprint density at radius 3 is 2.85 bits per heavy atom. The molecule has 1 amide bonds. The van der Waals surface area contributed by atoms with E-state index in [0.717, 1.165) is 11.1 Å². The van der Waals surface area contributed by atoms with Crippen LogP contribution in [0, 0.1) is 0 Å². The van der Waals surface area contributed by atoms with Crippen LogP contribution in [0.1, 0.15) is 22.8 Å². The highest BCUT2D eigenvalue weighted by Crippen LogP contribution is 2.14. The zero-order valence-corrected chi connectivity index (χ0v) is 15.6. The molecule has 0 fully saturated rings. The average molecular weight is 387 g/mol. The predicted octanol–water partition coefficient (Wildman–Crippen LogP) is 2.62. The molecule has 0 saturated carbocycles. The Morgan fingerprint density at radius 2 is 2.07 bits per heavy atom. The molecule has 0 atom stereocenters. The summed E-state index contributed by atoms with van der Waals surface area (Å²) in [5.74, 6) is -0.934. The van der Waals surface area contributed by atoms with Gasteiger partial charge in [-0.15, -0.1) is 5.10 Å². The van der Waals surface area contributed by atoms with Crippen molar-refractivity contribution in [1.29, 1.82) is 0 Å². The van der Waals surface area contributed by atoms with E-state index in [1.807, 2.05) is 25.1 Å². The number of rotatable bonds is 7. The summed E-state index contributed by atoms with van der Waals surface area (Å²) >= 11 is 5.92. The summed E-state index contributed by atoms with van der Waals surface area (Å²) in [6.07, 6.45) is 0.643. The highest BCUT2D eigenvalue weighted by Gasteiger charge is 2.12. The lowest BCUT2D eigenvalue weighted by molar-refractivity contribution is -0.124. The average Bonchev–Trinajstić information content (AvgIpc) is 3.08. The van der Waals surface area contributed by atoms with E-state index in [0.29, 0.717) is 35.6 Å². The molecule has 0 spiro atoms. The fraction of sp³-hybridized carbons (Fsp3) is 0.263. The molecule has 0 radical (unpaired) electrons. The first-order valence-electron chi connectivity index (χ1n) is 8.58. The van der Waals surface area contributed by atoms with Crippen LogP contribution >= 0.6 is 11.6 Å². The summed E-state index contributed by atoms with van der Waals surface area (Å²) in [4.78, 5) is 24.0. The van der Waals surface area contributed by atoms with Crippen LogP contribution in [-0.4, -0.2) is 40.0 Å². The topological polar surface area (TPSA) is 86.1 Å². The number of nitrogens with zero attached hydrogens (tertiary/aromatic N) is 3. The molecule has 1 N–H and O–H groups in total. The minimum absolute atomic E-state index is 0.331. The lowest BCUT2D eigenvalue weighted by Crippen LogP contribution is -2.30. The Morgan fingerprint density at radius 1 is 1.22 bits per heavy atom. The summed E-state index contributed by atoms with van der Waals surface area (Å²) in [7, 11) is 0. The Kier molecular flexibility index (Phi) is 6.03. The molecule has 140 valence electrons. The van der Waals surface area contributed by atoms with Crippen molar-refractivity contribution in [3.63, 3.8) is 0 Å². The minimum atomic E-state index is -0.576. The van der Waals surface area contributed by atoms with Gasteiger partial charge in [-0.3, -0.25) is 4.79 Å². The number of ether oxygens (including phenoxy) is 1. The van der Waals surface area contributed by atoms with E-state index in [2.05, 4.69) is 15.6 Å². The Labute approximate surface area is 161 Å². The van der Waals surface area contributed by atoms with Gasteiger partial charge in [0, 0.05) is 18.1 Å². The van der Waals surface area contributed by atoms with Gasteiger partial charge in [0.2, 0.25) is 0 Å². The molecule has 3 rings (SSSR count). The van der Waals surface area contributed by atoms with Crippen molar-refractivity contribution in [2.75, 3.05) is 13.2 Å². The van der Waals surface area contributed by atoms with Crippen LogP contribution in [0.3, 0.4) is 0 Å². The third-order valence-corrected chi connectivity index (χ3v) is 4.24. The van der Waals surface area contributed by atoms with E-state index in [9.17, 15) is 9.59 Å². The van der Waals surface area contributed by atoms with Crippen LogP contribution in [0.2, 0.25) is 5.02 Å². The first kappa shape index (κ1) is 18.8. The van der Waals surface area contributed by atoms with Gasteiger partial charge in [0.1, 0.15) is 5.52 Å². The van der Waals surface area contributed by atoms with Gasteiger partial charge in [-0.25, -0.2) is 9.48 Å². The monoisotopic (exact) mass is 386 g/mol. The molecular weight excluding hydrogens is 368 g/mol. The van der Waals surface area contributed by atoms with Crippen molar-refractivity contribution in [3.05, 3.63) is 58.6 Å². The summed E-state index contributed by atoms with van der Waals surface area (Å²) in [5.41, 5.74) is 2.80. The summed E-state index contributed by atoms with van der Waals surface area (Å²) in [6.45, 7) is 2.74. The molecular formula is C19H19ClN4O3. The molecule has 1 heterocycles. The second kappa shape index (κ2) is 8.64. The fourth-order valence-electron chi connectivity index (χ4n) is 2.64. The zero-order chi connectivity index (χ0) is 19.2. The number of esters is 1. The lowest BCUT2D eigenvalue weighted by atomic mass is 10.1. The Hall–Kier alpha value is -2.93. The van der Waals surface area contributed by atoms with Gasteiger partial charge in [0.15, 0.2) is 6.61 Å². The smallest absolute Gasteiger partial charge is 0.338 e. The number of nitrogens with one attached hydrogen (secondary N) is 1. The van der Waals surface area contributed by atoms with Crippen molar-refractivity contribution in [3.8, 4) is 0 Å². The van der Waals surface area contributed by atoms with Crippen molar-refractivity contribution in [2.24, 2.45) is 0 Å². The molecule has 27 heavy (non-hydrogen) atoms. The number of amides is 1. The molecule has 0 bridgehead atoms. The molecule has 0 aliphatic heterocycles. The number of carbonyl (C=O) groups excluding carboxylic acids is 2. The van der Waals surface area contributed by atoms with Gasteiger partial charge in [-0.05, 0) is 49.2 Å². The van der Waals surface area contributed by atoms with Gasteiger partial charge in [-0.1, -0.05) is 28.9 Å². The third kappa shape index (κ3) is 4.83.